The molecule has 5 heteroatoms. The lowest BCUT2D eigenvalue weighted by Gasteiger charge is -2.45. The smallest absolute Gasteiger partial charge is 0.332 e. The lowest BCUT2D eigenvalue weighted by atomic mass is 9.96. The highest BCUT2D eigenvalue weighted by atomic mass is 16.5. The van der Waals surface area contributed by atoms with Crippen LogP contribution >= 0.6 is 0 Å². The highest BCUT2D eigenvalue weighted by Crippen LogP contribution is 2.31. The second kappa shape index (κ2) is 6.05. The second-order valence-corrected chi connectivity index (χ2v) is 4.85. The first-order valence-corrected chi connectivity index (χ1v) is 6.76. The molecule has 0 spiro atoms. The van der Waals surface area contributed by atoms with E-state index in [1.54, 1.807) is 19.1 Å². The third-order valence-electron chi connectivity index (χ3n) is 3.03. The van der Waals surface area contributed by atoms with Crippen LogP contribution in [0.4, 0.5) is 5.69 Å². The van der Waals surface area contributed by atoms with Crippen LogP contribution in [0.2, 0.25) is 0 Å². The molecule has 1 fully saturated rings. The number of carbonyl (C=O) groups is 2. The number of nitrogens with zero attached hydrogens (tertiary/aromatic N) is 1. The summed E-state index contributed by atoms with van der Waals surface area (Å²) in [5.41, 5.74) is 0.680. The van der Waals surface area contributed by atoms with Gasteiger partial charge < -0.3 is 9.47 Å². The predicted molar refractivity (Wildman–Crippen MR) is 74.4 cm³/mol. The summed E-state index contributed by atoms with van der Waals surface area (Å²) in [6.07, 6.45) is -0.881. The van der Waals surface area contributed by atoms with Crippen LogP contribution in [0.5, 0.6) is 0 Å². The number of anilines is 1. The molecular weight excluding hydrogens is 258 g/mol. The van der Waals surface area contributed by atoms with E-state index in [9.17, 15) is 9.59 Å². The Labute approximate surface area is 118 Å². The molecule has 1 aliphatic heterocycles. The zero-order valence-electron chi connectivity index (χ0n) is 11.9. The molecule has 1 amide bonds. The van der Waals surface area contributed by atoms with Gasteiger partial charge >= 0.3 is 5.97 Å². The number of hydrogen-bond donors (Lipinski definition) is 0. The van der Waals surface area contributed by atoms with Gasteiger partial charge in [-0.05, 0) is 32.9 Å². The van der Waals surface area contributed by atoms with E-state index in [0.717, 1.165) is 0 Å². The Morgan fingerprint density at radius 1 is 1.30 bits per heavy atom. The number of β-lactam (4-membered cyclic amide) rings is 1. The summed E-state index contributed by atoms with van der Waals surface area (Å²) in [4.78, 5) is 25.7. The van der Waals surface area contributed by atoms with E-state index in [1.165, 1.54) is 4.90 Å². The van der Waals surface area contributed by atoms with Gasteiger partial charge in [-0.2, -0.15) is 0 Å². The molecule has 108 valence electrons. The van der Waals surface area contributed by atoms with Crippen LogP contribution in [-0.4, -0.2) is 36.7 Å². The molecular formula is C15H19NO4. The summed E-state index contributed by atoms with van der Waals surface area (Å²) >= 11 is 0. The van der Waals surface area contributed by atoms with Gasteiger partial charge in [0.25, 0.3) is 5.91 Å². The van der Waals surface area contributed by atoms with Crippen molar-refractivity contribution in [2.75, 3.05) is 11.5 Å². The van der Waals surface area contributed by atoms with Crippen molar-refractivity contribution in [3.05, 3.63) is 30.3 Å². The first kappa shape index (κ1) is 14.5. The Balaban J connectivity index is 2.23. The van der Waals surface area contributed by atoms with Crippen LogP contribution < -0.4 is 4.90 Å². The van der Waals surface area contributed by atoms with Crippen molar-refractivity contribution in [3.8, 4) is 0 Å². The van der Waals surface area contributed by atoms with Crippen molar-refractivity contribution in [2.45, 2.75) is 39.0 Å². The fourth-order valence-corrected chi connectivity index (χ4v) is 2.22. The van der Waals surface area contributed by atoms with E-state index >= 15 is 0 Å². The molecule has 0 unspecified atom stereocenters. The Hall–Kier alpha value is -1.88. The Kier molecular flexibility index (Phi) is 4.39. The van der Waals surface area contributed by atoms with Gasteiger partial charge in [0.05, 0.1) is 12.7 Å². The molecule has 0 aliphatic carbocycles. The predicted octanol–water partition coefficient (Wildman–Crippen LogP) is 1.76. The zero-order chi connectivity index (χ0) is 14.7. The molecule has 1 heterocycles. The van der Waals surface area contributed by atoms with E-state index in [-0.39, 0.29) is 18.6 Å². The standard InChI is InChI=1S/C15H19NO4/c1-4-19-15(18)12-13(20-10(2)3)14(17)16(12)11-8-6-5-7-9-11/h5-10,12-13H,4H2,1-3H3/t12-,13+/m0/s1. The number of ether oxygens (including phenoxy) is 2. The fraction of sp³-hybridized carbons (Fsp3) is 0.467. The molecule has 2 rings (SSSR count). The average Bonchev–Trinajstić information content (AvgIpc) is 2.42. The monoisotopic (exact) mass is 277 g/mol. The van der Waals surface area contributed by atoms with Crippen molar-refractivity contribution in [3.63, 3.8) is 0 Å². The molecule has 0 saturated carbocycles. The van der Waals surface area contributed by atoms with E-state index in [4.69, 9.17) is 9.47 Å². The molecule has 1 aromatic rings. The maximum atomic E-state index is 12.2. The highest BCUT2D eigenvalue weighted by molar-refractivity contribution is 6.12. The van der Waals surface area contributed by atoms with E-state index in [1.807, 2.05) is 32.0 Å². The maximum absolute atomic E-state index is 12.2. The average molecular weight is 277 g/mol. The van der Waals surface area contributed by atoms with Gasteiger partial charge in [-0.1, -0.05) is 18.2 Å². The molecule has 0 N–H and O–H groups in total. The van der Waals surface area contributed by atoms with Crippen molar-refractivity contribution in [1.82, 2.24) is 0 Å². The van der Waals surface area contributed by atoms with Crippen LogP contribution in [0, 0.1) is 0 Å². The summed E-state index contributed by atoms with van der Waals surface area (Å²) in [6, 6.07) is 8.37. The van der Waals surface area contributed by atoms with Gasteiger partial charge in [-0.15, -0.1) is 0 Å². The molecule has 5 nitrogen and oxygen atoms in total. The molecule has 1 aromatic carbocycles. The molecule has 20 heavy (non-hydrogen) atoms. The molecule has 1 aliphatic rings. The topological polar surface area (TPSA) is 55.8 Å². The number of rotatable bonds is 5. The summed E-state index contributed by atoms with van der Waals surface area (Å²) in [5.74, 6) is -0.635. The van der Waals surface area contributed by atoms with Crippen molar-refractivity contribution in [1.29, 1.82) is 0 Å². The summed E-state index contributed by atoms with van der Waals surface area (Å²) in [6.45, 7) is 5.69. The number of amides is 1. The number of esters is 1. The quantitative estimate of drug-likeness (QED) is 0.608. The first-order valence-electron chi connectivity index (χ1n) is 6.76. The van der Waals surface area contributed by atoms with Crippen LogP contribution in [0.3, 0.4) is 0 Å². The Morgan fingerprint density at radius 2 is 1.95 bits per heavy atom. The van der Waals surface area contributed by atoms with Crippen molar-refractivity contribution in [2.24, 2.45) is 0 Å². The SMILES string of the molecule is CCOC(=O)[C@@H]1[C@@H](OC(C)C)C(=O)N1c1ccccc1. The Bertz CT molecular complexity index is 486. The minimum absolute atomic E-state index is 0.126. The highest BCUT2D eigenvalue weighted by Gasteiger charge is 2.54. The van der Waals surface area contributed by atoms with Gasteiger partial charge in [0.2, 0.25) is 0 Å². The summed E-state index contributed by atoms with van der Waals surface area (Å²) in [5, 5.41) is 0. The number of para-hydroxylation sites is 1. The summed E-state index contributed by atoms with van der Waals surface area (Å²) in [7, 11) is 0. The molecule has 0 aromatic heterocycles. The van der Waals surface area contributed by atoms with Gasteiger partial charge in [-0.3, -0.25) is 9.69 Å². The van der Waals surface area contributed by atoms with Crippen molar-refractivity contribution >= 4 is 17.6 Å². The largest absolute Gasteiger partial charge is 0.464 e. The summed E-state index contributed by atoms with van der Waals surface area (Å²) < 4.78 is 10.6. The number of benzene rings is 1. The van der Waals surface area contributed by atoms with Crippen molar-refractivity contribution < 1.29 is 19.1 Å². The molecule has 1 saturated heterocycles. The van der Waals surface area contributed by atoms with Crippen LogP contribution in [0.25, 0.3) is 0 Å². The van der Waals surface area contributed by atoms with Gasteiger partial charge in [0.1, 0.15) is 0 Å². The van der Waals surface area contributed by atoms with E-state index in [0.29, 0.717) is 5.69 Å². The first-order chi connectivity index (χ1) is 9.56. The zero-order valence-corrected chi connectivity index (χ0v) is 11.9. The van der Waals surface area contributed by atoms with E-state index < -0.39 is 18.1 Å². The third-order valence-corrected chi connectivity index (χ3v) is 3.03. The Morgan fingerprint density at radius 3 is 2.50 bits per heavy atom. The van der Waals surface area contributed by atoms with Gasteiger partial charge in [0, 0.05) is 5.69 Å². The fourth-order valence-electron chi connectivity index (χ4n) is 2.22. The molecule has 2 atom stereocenters. The maximum Gasteiger partial charge on any atom is 0.332 e. The normalized spacial score (nSPS) is 21.8. The van der Waals surface area contributed by atoms with Crippen LogP contribution in [-0.2, 0) is 19.1 Å². The lowest BCUT2D eigenvalue weighted by molar-refractivity contribution is -0.164. The van der Waals surface area contributed by atoms with E-state index in [2.05, 4.69) is 0 Å². The number of hydrogen-bond acceptors (Lipinski definition) is 4. The minimum atomic E-state index is -0.755. The lowest BCUT2D eigenvalue weighted by Crippen LogP contribution is -2.70. The third kappa shape index (κ3) is 2.67. The van der Waals surface area contributed by atoms with Crippen LogP contribution in [0.15, 0.2) is 30.3 Å². The minimum Gasteiger partial charge on any atom is -0.464 e. The molecule has 0 bridgehead atoms. The van der Waals surface area contributed by atoms with Gasteiger partial charge in [-0.25, -0.2) is 4.79 Å². The van der Waals surface area contributed by atoms with Gasteiger partial charge in [0.15, 0.2) is 12.1 Å². The second-order valence-electron chi connectivity index (χ2n) is 4.85. The van der Waals surface area contributed by atoms with Crippen LogP contribution in [0.1, 0.15) is 20.8 Å². The molecule has 0 radical (unpaired) electrons. The number of carbonyl (C=O) groups excluding carboxylic acids is 2.